The van der Waals surface area contributed by atoms with Crippen LogP contribution in [0.1, 0.15) is 24.1 Å². The quantitative estimate of drug-likeness (QED) is 0.775. The van der Waals surface area contributed by atoms with E-state index in [1.165, 1.54) is 0 Å². The molecule has 1 rings (SSSR count). The summed E-state index contributed by atoms with van der Waals surface area (Å²) in [6.07, 6.45) is 0.733. The number of aromatic hydroxyl groups is 1. The van der Waals surface area contributed by atoms with E-state index in [0.717, 1.165) is 16.5 Å². The largest absolute Gasteiger partial charge is 0.507 e. The molecule has 3 nitrogen and oxygen atoms in total. The first kappa shape index (κ1) is 11.5. The van der Waals surface area contributed by atoms with E-state index in [-0.39, 0.29) is 12.4 Å². The molecule has 0 aliphatic rings. The standard InChI is InChI=1S/C10H14BrNO2/c1-2-6-3-7(11)4-8(10(6)14)9(12)5-13/h3-4,9,13-14H,2,5,12H2,1H3. The fourth-order valence-electron chi connectivity index (χ4n) is 1.33. The third-order valence-corrected chi connectivity index (χ3v) is 2.62. The van der Waals surface area contributed by atoms with Crippen molar-refractivity contribution < 1.29 is 10.2 Å². The van der Waals surface area contributed by atoms with Crippen LogP contribution in [0.4, 0.5) is 0 Å². The Bertz CT molecular complexity index is 328. The molecule has 78 valence electrons. The highest BCUT2D eigenvalue weighted by Gasteiger charge is 2.13. The van der Waals surface area contributed by atoms with E-state index in [0.29, 0.717) is 5.56 Å². The normalized spacial score (nSPS) is 12.9. The van der Waals surface area contributed by atoms with Crippen molar-refractivity contribution in [2.24, 2.45) is 5.73 Å². The van der Waals surface area contributed by atoms with Gasteiger partial charge in [-0.05, 0) is 24.1 Å². The summed E-state index contributed by atoms with van der Waals surface area (Å²) in [6, 6.07) is 3.05. The van der Waals surface area contributed by atoms with Crippen LogP contribution in [-0.4, -0.2) is 16.8 Å². The number of phenols is 1. The summed E-state index contributed by atoms with van der Waals surface area (Å²) in [5.41, 5.74) is 7.07. The number of rotatable bonds is 3. The molecule has 0 fully saturated rings. The minimum Gasteiger partial charge on any atom is -0.507 e. The van der Waals surface area contributed by atoms with E-state index in [1.807, 2.05) is 13.0 Å². The lowest BCUT2D eigenvalue weighted by atomic mass is 10.0. The number of nitrogens with two attached hydrogens (primary N) is 1. The van der Waals surface area contributed by atoms with E-state index in [2.05, 4.69) is 15.9 Å². The predicted molar refractivity (Wildman–Crippen MR) is 59.2 cm³/mol. The van der Waals surface area contributed by atoms with Crippen molar-refractivity contribution in [2.45, 2.75) is 19.4 Å². The molecule has 4 N–H and O–H groups in total. The molecule has 0 saturated heterocycles. The minimum absolute atomic E-state index is 0.173. The molecule has 0 aliphatic carbocycles. The highest BCUT2D eigenvalue weighted by atomic mass is 79.9. The molecular formula is C10H14BrNO2. The maximum atomic E-state index is 9.80. The van der Waals surface area contributed by atoms with Gasteiger partial charge >= 0.3 is 0 Å². The molecule has 14 heavy (non-hydrogen) atoms. The van der Waals surface area contributed by atoms with Gasteiger partial charge in [-0.3, -0.25) is 0 Å². The molecule has 0 amide bonds. The van der Waals surface area contributed by atoms with Crippen LogP contribution in [0.3, 0.4) is 0 Å². The van der Waals surface area contributed by atoms with Gasteiger partial charge < -0.3 is 15.9 Å². The van der Waals surface area contributed by atoms with E-state index in [1.54, 1.807) is 6.07 Å². The van der Waals surface area contributed by atoms with Crippen LogP contribution in [0.5, 0.6) is 5.75 Å². The Hall–Kier alpha value is -0.580. The maximum absolute atomic E-state index is 9.80. The minimum atomic E-state index is -0.530. The summed E-state index contributed by atoms with van der Waals surface area (Å²) in [4.78, 5) is 0. The van der Waals surface area contributed by atoms with Gasteiger partial charge in [-0.25, -0.2) is 0 Å². The first-order valence-corrected chi connectivity index (χ1v) is 5.27. The molecule has 1 aromatic carbocycles. The Balaban J connectivity index is 3.21. The third kappa shape index (κ3) is 2.26. The van der Waals surface area contributed by atoms with Crippen molar-refractivity contribution in [2.75, 3.05) is 6.61 Å². The smallest absolute Gasteiger partial charge is 0.123 e. The monoisotopic (exact) mass is 259 g/mol. The number of hydrogen-bond donors (Lipinski definition) is 3. The summed E-state index contributed by atoms with van der Waals surface area (Å²) >= 11 is 3.34. The van der Waals surface area contributed by atoms with Crippen LogP contribution < -0.4 is 5.73 Å². The molecule has 1 aromatic rings. The molecule has 4 heteroatoms. The molecule has 1 unspecified atom stereocenters. The van der Waals surface area contributed by atoms with Gasteiger partial charge in [0.2, 0.25) is 0 Å². The summed E-state index contributed by atoms with van der Waals surface area (Å²) in [5, 5.41) is 18.7. The van der Waals surface area contributed by atoms with Gasteiger partial charge in [0, 0.05) is 10.0 Å². The van der Waals surface area contributed by atoms with Crippen molar-refractivity contribution in [3.8, 4) is 5.75 Å². The predicted octanol–water partition coefficient (Wildman–Crippen LogP) is 1.71. The van der Waals surface area contributed by atoms with Crippen molar-refractivity contribution in [1.29, 1.82) is 0 Å². The van der Waals surface area contributed by atoms with Crippen molar-refractivity contribution in [3.63, 3.8) is 0 Å². The van der Waals surface area contributed by atoms with Crippen LogP contribution in [0.2, 0.25) is 0 Å². The van der Waals surface area contributed by atoms with Gasteiger partial charge in [-0.1, -0.05) is 22.9 Å². The van der Waals surface area contributed by atoms with Crippen LogP contribution >= 0.6 is 15.9 Å². The van der Waals surface area contributed by atoms with Gasteiger partial charge in [0.1, 0.15) is 5.75 Å². The average molecular weight is 260 g/mol. The first-order valence-electron chi connectivity index (χ1n) is 4.47. The van der Waals surface area contributed by atoms with E-state index >= 15 is 0 Å². The number of halogens is 1. The lowest BCUT2D eigenvalue weighted by Gasteiger charge is -2.14. The summed E-state index contributed by atoms with van der Waals surface area (Å²) < 4.78 is 0.867. The van der Waals surface area contributed by atoms with Gasteiger partial charge in [0.15, 0.2) is 0 Å². The lowest BCUT2D eigenvalue weighted by Crippen LogP contribution is -2.15. The Kier molecular flexibility index (Phi) is 3.92. The molecule has 0 spiro atoms. The molecule has 0 aromatic heterocycles. The van der Waals surface area contributed by atoms with E-state index in [4.69, 9.17) is 10.8 Å². The zero-order chi connectivity index (χ0) is 10.7. The SMILES string of the molecule is CCc1cc(Br)cc(C(N)CO)c1O. The van der Waals surface area contributed by atoms with Crippen molar-refractivity contribution in [1.82, 2.24) is 0 Å². The van der Waals surface area contributed by atoms with Crippen LogP contribution in [0.15, 0.2) is 16.6 Å². The van der Waals surface area contributed by atoms with Crippen LogP contribution in [0.25, 0.3) is 0 Å². The second-order valence-corrected chi connectivity index (χ2v) is 4.06. The second kappa shape index (κ2) is 4.77. The van der Waals surface area contributed by atoms with Crippen molar-refractivity contribution in [3.05, 3.63) is 27.7 Å². The van der Waals surface area contributed by atoms with Gasteiger partial charge in [0.25, 0.3) is 0 Å². The first-order chi connectivity index (χ1) is 6.60. The molecule has 0 aliphatic heterocycles. The topological polar surface area (TPSA) is 66.5 Å². The zero-order valence-corrected chi connectivity index (χ0v) is 9.58. The van der Waals surface area contributed by atoms with Crippen LogP contribution in [0, 0.1) is 0 Å². The molecular weight excluding hydrogens is 246 g/mol. The molecule has 0 radical (unpaired) electrons. The number of hydrogen-bond acceptors (Lipinski definition) is 3. The third-order valence-electron chi connectivity index (χ3n) is 2.16. The summed E-state index contributed by atoms with van der Waals surface area (Å²) in [7, 11) is 0. The average Bonchev–Trinajstić information content (AvgIpc) is 2.19. The number of aryl methyl sites for hydroxylation is 1. The number of aliphatic hydroxyl groups excluding tert-OH is 1. The number of aliphatic hydroxyl groups is 1. The van der Waals surface area contributed by atoms with Gasteiger partial charge in [-0.2, -0.15) is 0 Å². The Morgan fingerprint density at radius 3 is 2.64 bits per heavy atom. The van der Waals surface area contributed by atoms with Crippen molar-refractivity contribution >= 4 is 15.9 Å². The molecule has 0 saturated carbocycles. The fourth-order valence-corrected chi connectivity index (χ4v) is 1.85. The molecule has 0 bridgehead atoms. The lowest BCUT2D eigenvalue weighted by molar-refractivity contribution is 0.265. The zero-order valence-electron chi connectivity index (χ0n) is 8.00. The highest BCUT2D eigenvalue weighted by molar-refractivity contribution is 9.10. The Morgan fingerprint density at radius 2 is 2.14 bits per heavy atom. The Morgan fingerprint density at radius 1 is 1.50 bits per heavy atom. The number of phenolic OH excluding ortho intramolecular Hbond substituents is 1. The summed E-state index contributed by atoms with van der Waals surface area (Å²) in [5.74, 6) is 0.192. The highest BCUT2D eigenvalue weighted by Crippen LogP contribution is 2.31. The number of benzene rings is 1. The van der Waals surface area contributed by atoms with Gasteiger partial charge in [0.05, 0.1) is 12.6 Å². The molecule has 1 atom stereocenters. The van der Waals surface area contributed by atoms with Gasteiger partial charge in [-0.15, -0.1) is 0 Å². The van der Waals surface area contributed by atoms with Crippen LogP contribution in [-0.2, 0) is 6.42 Å². The van der Waals surface area contributed by atoms with E-state index in [9.17, 15) is 5.11 Å². The fraction of sp³-hybridized carbons (Fsp3) is 0.400. The summed E-state index contributed by atoms with van der Waals surface area (Å²) in [6.45, 7) is 1.78. The maximum Gasteiger partial charge on any atom is 0.123 e. The Labute approximate surface area is 91.7 Å². The second-order valence-electron chi connectivity index (χ2n) is 3.15. The molecule has 0 heterocycles. The van der Waals surface area contributed by atoms with E-state index < -0.39 is 6.04 Å².